The lowest BCUT2D eigenvalue weighted by Crippen LogP contribution is -2.35. The number of aromatic nitrogens is 1. The smallest absolute Gasteiger partial charge is 0.433 e. The van der Waals surface area contributed by atoms with Crippen molar-refractivity contribution < 1.29 is 32.2 Å². The van der Waals surface area contributed by atoms with Gasteiger partial charge in [0.2, 0.25) is 5.88 Å². The zero-order valence-corrected chi connectivity index (χ0v) is 17.7. The molecular formula is C20H20F3N3O4S. The first-order valence-corrected chi connectivity index (χ1v) is 10.7. The number of pyridine rings is 1. The average molecular weight is 455 g/mol. The molecule has 2 saturated carbocycles. The van der Waals surface area contributed by atoms with Gasteiger partial charge in [0.1, 0.15) is 6.10 Å². The standard InChI is InChI=1S/C20H20F3N3O4S/c1-9-14(20(21,22)23)16-15(13(8-31-16)17(27)24-2)26-18(9)30-12-5-11(6-12)25-19(28)29-7-10-3-4-10/h8,10,12H,3-7H2,1-2H3,(H,24,27). The Morgan fingerprint density at radius 3 is 2.65 bits per heavy atom. The molecule has 0 atom stereocenters. The Morgan fingerprint density at radius 1 is 1.32 bits per heavy atom. The molecule has 7 nitrogen and oxygen atoms in total. The second kappa shape index (κ2) is 8.10. The summed E-state index contributed by atoms with van der Waals surface area (Å²) in [6, 6.07) is 0. The number of rotatable bonds is 5. The van der Waals surface area contributed by atoms with Gasteiger partial charge in [-0.25, -0.2) is 9.78 Å². The molecule has 0 saturated heterocycles. The molecule has 2 aromatic rings. The molecule has 0 aliphatic heterocycles. The molecule has 0 bridgehead atoms. The van der Waals surface area contributed by atoms with Gasteiger partial charge >= 0.3 is 12.3 Å². The van der Waals surface area contributed by atoms with Crippen LogP contribution in [0.1, 0.15) is 47.2 Å². The number of hydrogen-bond acceptors (Lipinski definition) is 6. The molecule has 0 radical (unpaired) electrons. The number of halogens is 3. The Kier molecular flexibility index (Phi) is 5.63. The van der Waals surface area contributed by atoms with Crippen LogP contribution in [0.5, 0.6) is 5.88 Å². The van der Waals surface area contributed by atoms with Crippen LogP contribution >= 0.6 is 11.3 Å². The minimum absolute atomic E-state index is 0.0471. The average Bonchev–Trinajstić information content (AvgIpc) is 3.42. The molecular weight excluding hydrogens is 435 g/mol. The van der Waals surface area contributed by atoms with E-state index in [4.69, 9.17) is 9.47 Å². The minimum Gasteiger partial charge on any atom is -0.473 e. The maximum atomic E-state index is 13.8. The number of hydrogen-bond donors (Lipinski definition) is 1. The molecule has 31 heavy (non-hydrogen) atoms. The van der Waals surface area contributed by atoms with E-state index in [0.717, 1.165) is 24.2 Å². The van der Waals surface area contributed by atoms with Crippen LogP contribution in [0.2, 0.25) is 0 Å². The van der Waals surface area contributed by atoms with Crippen LogP contribution in [0.25, 0.3) is 10.2 Å². The van der Waals surface area contributed by atoms with Crippen molar-refractivity contribution in [3.8, 4) is 5.88 Å². The molecule has 2 amide bonds. The summed E-state index contributed by atoms with van der Waals surface area (Å²) in [6.07, 6.45) is -3.03. The van der Waals surface area contributed by atoms with Crippen molar-refractivity contribution in [2.45, 2.75) is 44.9 Å². The Morgan fingerprint density at radius 2 is 2.03 bits per heavy atom. The van der Waals surface area contributed by atoms with E-state index in [-0.39, 0.29) is 27.2 Å². The number of amides is 2. The van der Waals surface area contributed by atoms with Crippen molar-refractivity contribution >= 4 is 39.3 Å². The van der Waals surface area contributed by atoms with Gasteiger partial charge in [-0.15, -0.1) is 11.3 Å². The Hall–Kier alpha value is -2.69. The van der Waals surface area contributed by atoms with Crippen LogP contribution in [0.3, 0.4) is 0 Å². The number of carbonyl (C=O) groups is 2. The molecule has 0 aromatic carbocycles. The first-order chi connectivity index (χ1) is 14.7. The van der Waals surface area contributed by atoms with Gasteiger partial charge < -0.3 is 14.8 Å². The highest BCUT2D eigenvalue weighted by molar-refractivity contribution is 7.17. The van der Waals surface area contributed by atoms with Gasteiger partial charge in [-0.05, 0) is 25.7 Å². The third kappa shape index (κ3) is 4.51. The molecule has 11 heteroatoms. The van der Waals surface area contributed by atoms with Crippen LogP contribution in [-0.4, -0.2) is 42.5 Å². The highest BCUT2D eigenvalue weighted by Gasteiger charge is 2.39. The van der Waals surface area contributed by atoms with Crippen molar-refractivity contribution in [2.24, 2.45) is 10.9 Å². The number of ether oxygens (including phenoxy) is 2. The first kappa shape index (κ1) is 21.5. The number of aliphatic imine (C=N–C) groups is 1. The molecule has 4 rings (SSSR count). The van der Waals surface area contributed by atoms with E-state index in [1.54, 1.807) is 0 Å². The number of fused-ring (bicyclic) bond motifs is 1. The lowest BCUT2D eigenvalue weighted by atomic mass is 9.93. The zero-order valence-electron chi connectivity index (χ0n) is 16.8. The van der Waals surface area contributed by atoms with Crippen molar-refractivity contribution in [1.29, 1.82) is 0 Å². The lowest BCUT2D eigenvalue weighted by Gasteiger charge is -2.29. The summed E-state index contributed by atoms with van der Waals surface area (Å²) >= 11 is 0.821. The second-order valence-electron chi connectivity index (χ2n) is 7.67. The Bertz CT molecular complexity index is 1070. The highest BCUT2D eigenvalue weighted by atomic mass is 32.1. The summed E-state index contributed by atoms with van der Waals surface area (Å²) in [4.78, 5) is 31.8. The second-order valence-corrected chi connectivity index (χ2v) is 8.55. The number of nitrogens with zero attached hydrogens (tertiary/aromatic N) is 2. The van der Waals surface area contributed by atoms with Crippen molar-refractivity contribution in [1.82, 2.24) is 10.3 Å². The maximum absolute atomic E-state index is 13.8. The summed E-state index contributed by atoms with van der Waals surface area (Å²) in [5.41, 5.74) is -0.410. The van der Waals surface area contributed by atoms with Crippen molar-refractivity contribution in [2.75, 3.05) is 13.7 Å². The van der Waals surface area contributed by atoms with E-state index >= 15 is 0 Å². The van der Waals surface area contributed by atoms with E-state index < -0.39 is 29.8 Å². The number of thiophene rings is 1. The monoisotopic (exact) mass is 455 g/mol. The molecule has 2 heterocycles. The van der Waals surface area contributed by atoms with Crippen molar-refractivity contribution in [3.63, 3.8) is 0 Å². The SMILES string of the molecule is CNC(=O)c1csc2c(C(F)(F)F)c(C)c(OC3CC(=NC(=O)OCC4CC4)C3)nc12. The van der Waals surface area contributed by atoms with E-state index in [1.165, 1.54) is 19.4 Å². The van der Waals surface area contributed by atoms with Gasteiger partial charge in [-0.1, -0.05) is 0 Å². The van der Waals surface area contributed by atoms with Gasteiger partial charge in [0, 0.05) is 36.5 Å². The maximum Gasteiger partial charge on any atom is 0.433 e. The number of alkyl halides is 3. The molecule has 1 N–H and O–H groups in total. The van der Waals surface area contributed by atoms with Gasteiger partial charge in [0.25, 0.3) is 5.91 Å². The van der Waals surface area contributed by atoms with Crippen LogP contribution in [0, 0.1) is 12.8 Å². The van der Waals surface area contributed by atoms with E-state index in [0.29, 0.717) is 31.1 Å². The molecule has 166 valence electrons. The third-order valence-corrected chi connectivity index (χ3v) is 6.24. The highest BCUT2D eigenvalue weighted by Crippen LogP contribution is 2.43. The molecule has 2 fully saturated rings. The fraction of sp³-hybridized carbons (Fsp3) is 0.500. The minimum atomic E-state index is -4.63. The third-order valence-electron chi connectivity index (χ3n) is 5.25. The van der Waals surface area contributed by atoms with Gasteiger partial charge in [0.05, 0.1) is 28.0 Å². The summed E-state index contributed by atoms with van der Waals surface area (Å²) < 4.78 is 52.0. The Labute approximate surface area is 179 Å². The molecule has 0 spiro atoms. The van der Waals surface area contributed by atoms with Crippen LogP contribution in [0.15, 0.2) is 10.4 Å². The topological polar surface area (TPSA) is 89.9 Å². The summed E-state index contributed by atoms with van der Waals surface area (Å²) in [6.45, 7) is 1.67. The first-order valence-electron chi connectivity index (χ1n) is 9.78. The predicted octanol–water partition coefficient (Wildman–Crippen LogP) is 4.51. The molecule has 2 aliphatic carbocycles. The predicted molar refractivity (Wildman–Crippen MR) is 108 cm³/mol. The number of nitrogens with one attached hydrogen (secondary N) is 1. The van der Waals surface area contributed by atoms with Gasteiger partial charge in [-0.3, -0.25) is 4.79 Å². The van der Waals surface area contributed by atoms with Crippen LogP contribution < -0.4 is 10.1 Å². The largest absolute Gasteiger partial charge is 0.473 e. The van der Waals surface area contributed by atoms with E-state index in [1.807, 2.05) is 0 Å². The fourth-order valence-corrected chi connectivity index (χ4v) is 4.40. The Balaban J connectivity index is 1.54. The molecule has 2 aromatic heterocycles. The molecule has 0 unspecified atom stereocenters. The zero-order chi connectivity index (χ0) is 22.3. The van der Waals surface area contributed by atoms with Gasteiger partial charge in [-0.2, -0.15) is 18.2 Å². The van der Waals surface area contributed by atoms with Crippen LogP contribution in [0.4, 0.5) is 18.0 Å². The summed E-state index contributed by atoms with van der Waals surface area (Å²) in [7, 11) is 1.40. The van der Waals surface area contributed by atoms with Crippen molar-refractivity contribution in [3.05, 3.63) is 22.1 Å². The number of carbonyl (C=O) groups excluding carboxylic acids is 2. The quantitative estimate of drug-likeness (QED) is 0.717. The van der Waals surface area contributed by atoms with Gasteiger partial charge in [0.15, 0.2) is 0 Å². The lowest BCUT2D eigenvalue weighted by molar-refractivity contribution is -0.136. The van der Waals surface area contributed by atoms with E-state index in [2.05, 4.69) is 15.3 Å². The fourth-order valence-electron chi connectivity index (χ4n) is 3.29. The summed E-state index contributed by atoms with van der Waals surface area (Å²) in [5.74, 6) is -0.265. The summed E-state index contributed by atoms with van der Waals surface area (Å²) in [5, 5.41) is 3.76. The van der Waals surface area contributed by atoms with E-state index in [9.17, 15) is 22.8 Å². The molecule has 2 aliphatic rings. The normalized spacial score (nSPS) is 18.5. The van der Waals surface area contributed by atoms with Crippen LogP contribution in [-0.2, 0) is 10.9 Å².